The minimum Gasteiger partial charge on any atom is -0.457 e. The van der Waals surface area contributed by atoms with Gasteiger partial charge < -0.3 is 9.84 Å². The summed E-state index contributed by atoms with van der Waals surface area (Å²) in [7, 11) is 3.91. The second kappa shape index (κ2) is 10.3. The van der Waals surface area contributed by atoms with Gasteiger partial charge in [-0.05, 0) is 94.9 Å². The molecule has 0 bridgehead atoms. The number of carbonyl (C=O) groups is 2. The molecule has 1 unspecified atom stereocenters. The average molecular weight is 460 g/mol. The topological polar surface area (TPSA) is 66.8 Å². The fourth-order valence-corrected chi connectivity index (χ4v) is 4.08. The quantitative estimate of drug-likeness (QED) is 0.402. The van der Waals surface area contributed by atoms with Crippen LogP contribution in [0.4, 0.5) is 0 Å². The van der Waals surface area contributed by atoms with Crippen LogP contribution >= 0.6 is 0 Å². The van der Waals surface area contributed by atoms with E-state index in [9.17, 15) is 14.7 Å². The Balaban J connectivity index is 1.77. The van der Waals surface area contributed by atoms with Crippen LogP contribution < -0.4 is 4.74 Å². The lowest BCUT2D eigenvalue weighted by Gasteiger charge is -2.38. The maximum absolute atomic E-state index is 13.7. The SMILES string of the molecule is CCC(Cc1ccccc1)(C(=O)c1ccc(Oc2ccc(C(=O)C(C)(C)O)cc2)cc1)N(C)C. The molecule has 0 fully saturated rings. The Kier molecular flexibility index (Phi) is 7.70. The van der Waals surface area contributed by atoms with Gasteiger partial charge in [0.1, 0.15) is 17.1 Å². The van der Waals surface area contributed by atoms with Gasteiger partial charge in [-0.1, -0.05) is 37.3 Å². The van der Waals surface area contributed by atoms with Crippen LogP contribution in [-0.2, 0) is 6.42 Å². The van der Waals surface area contributed by atoms with Gasteiger partial charge in [0.15, 0.2) is 11.6 Å². The fraction of sp³-hybridized carbons (Fsp3) is 0.310. The monoisotopic (exact) mass is 459 g/mol. The standard InChI is InChI=1S/C29H33NO4/c1-6-29(30(4)5,20-21-10-8-7-9-11-21)27(32)23-14-18-25(19-15-23)34-24-16-12-22(13-17-24)26(31)28(2,3)33/h7-19,33H,6,20H2,1-5H3. The van der Waals surface area contributed by atoms with Gasteiger partial charge in [-0.2, -0.15) is 0 Å². The van der Waals surface area contributed by atoms with Crippen LogP contribution in [0.25, 0.3) is 0 Å². The molecule has 0 aliphatic rings. The van der Waals surface area contributed by atoms with Crippen LogP contribution in [-0.4, -0.2) is 46.8 Å². The second-order valence-corrected chi connectivity index (χ2v) is 9.31. The molecule has 5 heteroatoms. The third kappa shape index (κ3) is 5.61. The van der Waals surface area contributed by atoms with E-state index in [-0.39, 0.29) is 11.6 Å². The lowest BCUT2D eigenvalue weighted by molar-refractivity contribution is 0.0488. The Bertz CT molecular complexity index is 1110. The summed E-state index contributed by atoms with van der Waals surface area (Å²) in [5, 5.41) is 9.90. The predicted molar refractivity (Wildman–Crippen MR) is 135 cm³/mol. The molecule has 0 saturated carbocycles. The summed E-state index contributed by atoms with van der Waals surface area (Å²) in [5.74, 6) is 0.877. The minimum absolute atomic E-state index is 0.0740. The number of benzene rings is 3. The largest absolute Gasteiger partial charge is 0.457 e. The van der Waals surface area contributed by atoms with Crippen molar-refractivity contribution in [2.75, 3.05) is 14.1 Å². The van der Waals surface area contributed by atoms with Gasteiger partial charge in [0, 0.05) is 11.1 Å². The predicted octanol–water partition coefficient (Wildman–Crippen LogP) is 5.57. The third-order valence-electron chi connectivity index (χ3n) is 6.23. The number of ether oxygens (including phenoxy) is 1. The van der Waals surface area contributed by atoms with Crippen molar-refractivity contribution in [3.63, 3.8) is 0 Å². The molecule has 0 aliphatic heterocycles. The molecule has 0 heterocycles. The molecular weight excluding hydrogens is 426 g/mol. The second-order valence-electron chi connectivity index (χ2n) is 9.31. The molecule has 5 nitrogen and oxygen atoms in total. The van der Waals surface area contributed by atoms with Crippen LogP contribution in [0.15, 0.2) is 78.9 Å². The van der Waals surface area contributed by atoms with Crippen LogP contribution in [0.2, 0.25) is 0 Å². The maximum atomic E-state index is 13.7. The van der Waals surface area contributed by atoms with Crippen molar-refractivity contribution in [1.29, 1.82) is 0 Å². The van der Waals surface area contributed by atoms with Crippen LogP contribution in [0.5, 0.6) is 11.5 Å². The summed E-state index contributed by atoms with van der Waals surface area (Å²) >= 11 is 0. The van der Waals surface area contributed by atoms with Crippen molar-refractivity contribution in [3.8, 4) is 11.5 Å². The first-order chi connectivity index (χ1) is 16.1. The molecule has 0 saturated heterocycles. The smallest absolute Gasteiger partial charge is 0.193 e. The highest BCUT2D eigenvalue weighted by Gasteiger charge is 2.39. The summed E-state index contributed by atoms with van der Waals surface area (Å²) in [4.78, 5) is 27.9. The number of likely N-dealkylation sites (N-methyl/N-ethyl adjacent to an activating group) is 1. The van der Waals surface area contributed by atoms with E-state index >= 15 is 0 Å². The Morgan fingerprint density at radius 3 is 1.68 bits per heavy atom. The zero-order chi connectivity index (χ0) is 24.9. The number of ketones is 2. The molecule has 3 aromatic rings. The molecule has 3 aromatic carbocycles. The molecule has 0 amide bonds. The van der Waals surface area contributed by atoms with E-state index in [0.717, 1.165) is 5.56 Å². The number of aliphatic hydroxyl groups is 1. The first-order valence-corrected chi connectivity index (χ1v) is 11.5. The Hall–Kier alpha value is -3.28. The van der Waals surface area contributed by atoms with Gasteiger partial charge in [0.05, 0.1) is 5.54 Å². The highest BCUT2D eigenvalue weighted by molar-refractivity contribution is 6.03. The maximum Gasteiger partial charge on any atom is 0.193 e. The van der Waals surface area contributed by atoms with Crippen molar-refractivity contribution in [2.24, 2.45) is 0 Å². The summed E-state index contributed by atoms with van der Waals surface area (Å²) in [6, 6.07) is 23.9. The molecule has 178 valence electrons. The minimum atomic E-state index is -1.43. The van der Waals surface area contributed by atoms with E-state index in [1.807, 2.05) is 44.1 Å². The Labute approximate surface area is 202 Å². The fourth-order valence-electron chi connectivity index (χ4n) is 4.08. The van der Waals surface area contributed by atoms with Crippen LogP contribution in [0, 0.1) is 0 Å². The number of hydrogen-bond donors (Lipinski definition) is 1. The molecule has 3 rings (SSSR count). The molecular formula is C29H33NO4. The Morgan fingerprint density at radius 1 is 0.794 bits per heavy atom. The average Bonchev–Trinajstić information content (AvgIpc) is 2.82. The van der Waals surface area contributed by atoms with Crippen molar-refractivity contribution in [2.45, 2.75) is 44.8 Å². The van der Waals surface area contributed by atoms with Crippen LogP contribution in [0.1, 0.15) is 53.5 Å². The first-order valence-electron chi connectivity index (χ1n) is 11.5. The summed E-state index contributed by atoms with van der Waals surface area (Å²) in [5.41, 5.74) is 0.0968. The van der Waals surface area contributed by atoms with Crippen molar-refractivity contribution >= 4 is 11.6 Å². The molecule has 0 aliphatic carbocycles. The van der Waals surface area contributed by atoms with Crippen molar-refractivity contribution in [3.05, 3.63) is 95.6 Å². The highest BCUT2D eigenvalue weighted by atomic mass is 16.5. The normalized spacial score (nSPS) is 13.4. The van der Waals surface area contributed by atoms with Gasteiger partial charge in [-0.3, -0.25) is 14.5 Å². The van der Waals surface area contributed by atoms with Gasteiger partial charge in [-0.15, -0.1) is 0 Å². The van der Waals surface area contributed by atoms with Crippen LogP contribution in [0.3, 0.4) is 0 Å². The van der Waals surface area contributed by atoms with E-state index in [4.69, 9.17) is 4.74 Å². The molecule has 1 atom stereocenters. The van der Waals surface area contributed by atoms with Crippen molar-refractivity contribution < 1.29 is 19.4 Å². The molecule has 0 aromatic heterocycles. The number of nitrogens with zero attached hydrogens (tertiary/aromatic N) is 1. The number of Topliss-reactive ketones (excluding diaryl/α,β-unsaturated/α-hetero) is 2. The van der Waals surface area contributed by atoms with E-state index in [1.165, 1.54) is 13.8 Å². The van der Waals surface area contributed by atoms with Gasteiger partial charge in [0.2, 0.25) is 0 Å². The third-order valence-corrected chi connectivity index (χ3v) is 6.23. The highest BCUT2D eigenvalue weighted by Crippen LogP contribution is 2.29. The molecule has 34 heavy (non-hydrogen) atoms. The molecule has 0 spiro atoms. The van der Waals surface area contributed by atoms with Crippen molar-refractivity contribution in [1.82, 2.24) is 4.90 Å². The number of rotatable bonds is 10. The first kappa shape index (κ1) is 25.3. The van der Waals surface area contributed by atoms with E-state index in [2.05, 4.69) is 12.1 Å². The van der Waals surface area contributed by atoms with E-state index < -0.39 is 11.1 Å². The number of carbonyl (C=O) groups excluding carboxylic acids is 2. The lowest BCUT2D eigenvalue weighted by atomic mass is 9.80. The van der Waals surface area contributed by atoms with Gasteiger partial charge >= 0.3 is 0 Å². The number of hydrogen-bond acceptors (Lipinski definition) is 5. The summed E-state index contributed by atoms with van der Waals surface area (Å²) in [6.07, 6.45) is 1.31. The Morgan fingerprint density at radius 2 is 1.26 bits per heavy atom. The zero-order valence-electron chi connectivity index (χ0n) is 20.5. The molecule has 1 N–H and O–H groups in total. The lowest BCUT2D eigenvalue weighted by Crippen LogP contribution is -2.52. The summed E-state index contributed by atoms with van der Waals surface area (Å²) < 4.78 is 5.89. The van der Waals surface area contributed by atoms with E-state index in [1.54, 1.807) is 48.5 Å². The molecule has 0 radical (unpaired) electrons. The summed E-state index contributed by atoms with van der Waals surface area (Å²) in [6.45, 7) is 4.97. The van der Waals surface area contributed by atoms with Gasteiger partial charge in [0.25, 0.3) is 0 Å². The van der Waals surface area contributed by atoms with Gasteiger partial charge in [-0.25, -0.2) is 0 Å². The van der Waals surface area contributed by atoms with E-state index in [0.29, 0.717) is 35.5 Å². The zero-order valence-corrected chi connectivity index (χ0v) is 20.5.